The molecule has 4 nitrogen and oxygen atoms in total. The maximum Gasteiger partial charge on any atom is 0.244 e. The van der Waals surface area contributed by atoms with Crippen molar-refractivity contribution in [1.82, 2.24) is 4.31 Å². The van der Waals surface area contributed by atoms with E-state index in [4.69, 9.17) is 0 Å². The number of aliphatic hydroxyl groups excluding tert-OH is 1. The molecular formula is C12H16BrNO3S. The Balaban J connectivity index is 2.41. The number of hydrogen-bond acceptors (Lipinski definition) is 3. The van der Waals surface area contributed by atoms with Crippen molar-refractivity contribution in [3.63, 3.8) is 0 Å². The Bertz CT molecular complexity index is 532. The Kier molecular flexibility index (Phi) is 4.11. The van der Waals surface area contributed by atoms with Gasteiger partial charge in [-0.15, -0.1) is 0 Å². The van der Waals surface area contributed by atoms with Crippen molar-refractivity contribution in [1.29, 1.82) is 0 Å². The third kappa shape index (κ3) is 2.34. The molecule has 0 bridgehead atoms. The summed E-state index contributed by atoms with van der Waals surface area (Å²) in [5, 5.41) is 9.37. The number of nitrogens with zero attached hydrogens (tertiary/aromatic N) is 1. The van der Waals surface area contributed by atoms with Gasteiger partial charge in [0, 0.05) is 11.0 Å². The van der Waals surface area contributed by atoms with Crippen molar-refractivity contribution in [2.75, 3.05) is 13.2 Å². The highest BCUT2D eigenvalue weighted by atomic mass is 79.9. The molecular weight excluding hydrogens is 318 g/mol. The lowest BCUT2D eigenvalue weighted by Crippen LogP contribution is -2.39. The summed E-state index contributed by atoms with van der Waals surface area (Å²) >= 11 is 3.27. The zero-order chi connectivity index (χ0) is 13.3. The van der Waals surface area contributed by atoms with E-state index in [2.05, 4.69) is 15.9 Å². The molecule has 0 saturated carbocycles. The van der Waals surface area contributed by atoms with Gasteiger partial charge in [0.05, 0.1) is 17.5 Å². The zero-order valence-corrected chi connectivity index (χ0v) is 12.5. The number of halogens is 1. The maximum atomic E-state index is 12.6. The molecule has 0 radical (unpaired) electrons. The van der Waals surface area contributed by atoms with Crippen LogP contribution < -0.4 is 0 Å². The van der Waals surface area contributed by atoms with Crippen LogP contribution in [0.5, 0.6) is 0 Å². The maximum absolute atomic E-state index is 12.6. The topological polar surface area (TPSA) is 57.6 Å². The van der Waals surface area contributed by atoms with Gasteiger partial charge in [-0.3, -0.25) is 0 Å². The smallest absolute Gasteiger partial charge is 0.244 e. The van der Waals surface area contributed by atoms with Crippen molar-refractivity contribution in [3.05, 3.63) is 28.7 Å². The van der Waals surface area contributed by atoms with E-state index >= 15 is 0 Å². The van der Waals surface area contributed by atoms with Gasteiger partial charge in [-0.05, 0) is 40.4 Å². The van der Waals surface area contributed by atoms with E-state index in [1.807, 2.05) is 6.92 Å². The van der Waals surface area contributed by atoms with Crippen LogP contribution in [0.15, 0.2) is 33.6 Å². The van der Waals surface area contributed by atoms with Crippen LogP contribution in [-0.4, -0.2) is 37.0 Å². The van der Waals surface area contributed by atoms with E-state index in [0.717, 1.165) is 6.42 Å². The van der Waals surface area contributed by atoms with Gasteiger partial charge in [0.2, 0.25) is 10.0 Å². The molecule has 1 aromatic rings. The Morgan fingerprint density at radius 3 is 2.72 bits per heavy atom. The summed E-state index contributed by atoms with van der Waals surface area (Å²) in [6, 6.07) is 6.45. The van der Waals surface area contributed by atoms with Crippen molar-refractivity contribution < 1.29 is 13.5 Å². The van der Waals surface area contributed by atoms with Crippen LogP contribution in [0.25, 0.3) is 0 Å². The van der Waals surface area contributed by atoms with Gasteiger partial charge in [-0.2, -0.15) is 4.31 Å². The van der Waals surface area contributed by atoms with Crippen LogP contribution in [0.2, 0.25) is 0 Å². The summed E-state index contributed by atoms with van der Waals surface area (Å²) in [7, 11) is -3.54. The highest BCUT2D eigenvalue weighted by molar-refractivity contribution is 9.10. The Hall–Kier alpha value is -0.430. The molecule has 18 heavy (non-hydrogen) atoms. The van der Waals surface area contributed by atoms with Crippen molar-refractivity contribution >= 4 is 26.0 Å². The second-order valence-corrected chi connectivity index (χ2v) is 7.28. The van der Waals surface area contributed by atoms with Crippen LogP contribution in [-0.2, 0) is 10.0 Å². The van der Waals surface area contributed by atoms with Crippen molar-refractivity contribution in [3.8, 4) is 0 Å². The first-order valence-corrected chi connectivity index (χ1v) is 8.09. The van der Waals surface area contributed by atoms with Crippen molar-refractivity contribution in [2.45, 2.75) is 24.3 Å². The van der Waals surface area contributed by atoms with Gasteiger partial charge >= 0.3 is 0 Å². The molecule has 0 spiro atoms. The predicted molar refractivity (Wildman–Crippen MR) is 72.7 cm³/mol. The third-order valence-corrected chi connectivity index (χ3v) is 6.38. The van der Waals surface area contributed by atoms with Gasteiger partial charge in [0.15, 0.2) is 0 Å². The highest BCUT2D eigenvalue weighted by Gasteiger charge is 2.39. The zero-order valence-electron chi connectivity index (χ0n) is 10.1. The van der Waals surface area contributed by atoms with E-state index in [1.54, 1.807) is 24.3 Å². The molecule has 0 amide bonds. The molecule has 1 aromatic carbocycles. The van der Waals surface area contributed by atoms with Crippen LogP contribution in [0.4, 0.5) is 0 Å². The Labute approximate surface area is 116 Å². The lowest BCUT2D eigenvalue weighted by atomic mass is 10.0. The Morgan fingerprint density at radius 1 is 1.44 bits per heavy atom. The second kappa shape index (κ2) is 5.28. The first-order chi connectivity index (χ1) is 8.48. The van der Waals surface area contributed by atoms with E-state index < -0.39 is 10.0 Å². The molecule has 0 aliphatic carbocycles. The molecule has 1 saturated heterocycles. The third-order valence-electron chi connectivity index (χ3n) is 3.44. The average Bonchev–Trinajstić information content (AvgIpc) is 2.71. The Morgan fingerprint density at radius 2 is 2.11 bits per heavy atom. The van der Waals surface area contributed by atoms with Gasteiger partial charge in [0.25, 0.3) is 0 Å². The number of aliphatic hydroxyl groups is 1. The minimum absolute atomic E-state index is 0.134. The summed E-state index contributed by atoms with van der Waals surface area (Å²) in [5.74, 6) is 0.187. The fourth-order valence-corrected chi connectivity index (χ4v) is 5.02. The number of hydrogen-bond donors (Lipinski definition) is 1. The molecule has 6 heteroatoms. The van der Waals surface area contributed by atoms with Gasteiger partial charge < -0.3 is 5.11 Å². The summed E-state index contributed by atoms with van der Waals surface area (Å²) in [6.07, 6.45) is 0.787. The van der Waals surface area contributed by atoms with Crippen LogP contribution >= 0.6 is 15.9 Å². The molecule has 2 atom stereocenters. The SMILES string of the molecule is CC1CCN(S(=O)(=O)c2ccccc2Br)C1CO. The molecule has 2 unspecified atom stereocenters. The van der Waals surface area contributed by atoms with Gasteiger partial charge in [-0.1, -0.05) is 19.1 Å². The minimum Gasteiger partial charge on any atom is -0.395 e. The largest absolute Gasteiger partial charge is 0.395 e. The molecule has 2 rings (SSSR count). The fraction of sp³-hybridized carbons (Fsp3) is 0.500. The average molecular weight is 334 g/mol. The highest BCUT2D eigenvalue weighted by Crippen LogP contribution is 2.32. The van der Waals surface area contributed by atoms with E-state index in [9.17, 15) is 13.5 Å². The number of sulfonamides is 1. The molecule has 100 valence electrons. The minimum atomic E-state index is -3.54. The first kappa shape index (κ1) is 14.0. The van der Waals surface area contributed by atoms with Crippen LogP contribution in [0.3, 0.4) is 0 Å². The van der Waals surface area contributed by atoms with E-state index in [0.29, 0.717) is 11.0 Å². The molecule has 1 heterocycles. The molecule has 1 N–H and O–H groups in total. The van der Waals surface area contributed by atoms with Crippen molar-refractivity contribution in [2.24, 2.45) is 5.92 Å². The van der Waals surface area contributed by atoms with Crippen LogP contribution in [0.1, 0.15) is 13.3 Å². The molecule has 0 aromatic heterocycles. The normalized spacial score (nSPS) is 25.5. The molecule has 1 fully saturated rings. The van der Waals surface area contributed by atoms with Gasteiger partial charge in [0.1, 0.15) is 0 Å². The predicted octanol–water partition coefficient (Wildman–Crippen LogP) is 1.84. The monoisotopic (exact) mass is 333 g/mol. The van der Waals surface area contributed by atoms with Gasteiger partial charge in [-0.25, -0.2) is 8.42 Å². The quantitative estimate of drug-likeness (QED) is 0.918. The van der Waals surface area contributed by atoms with E-state index in [1.165, 1.54) is 4.31 Å². The lowest BCUT2D eigenvalue weighted by Gasteiger charge is -2.24. The summed E-state index contributed by atoms with van der Waals surface area (Å²) < 4.78 is 27.1. The summed E-state index contributed by atoms with van der Waals surface area (Å²) in [5.41, 5.74) is 0. The molecule has 1 aliphatic rings. The lowest BCUT2D eigenvalue weighted by molar-refractivity contribution is 0.191. The van der Waals surface area contributed by atoms with Crippen LogP contribution in [0, 0.1) is 5.92 Å². The summed E-state index contributed by atoms with van der Waals surface area (Å²) in [6.45, 7) is 2.30. The number of rotatable bonds is 3. The van der Waals surface area contributed by atoms with E-state index in [-0.39, 0.29) is 23.5 Å². The second-order valence-electron chi connectivity index (χ2n) is 4.56. The first-order valence-electron chi connectivity index (χ1n) is 5.85. The summed E-state index contributed by atoms with van der Waals surface area (Å²) in [4.78, 5) is 0.262. The number of benzene rings is 1. The standard InChI is InChI=1S/C12H16BrNO3S/c1-9-6-7-14(11(9)8-15)18(16,17)12-5-3-2-4-10(12)13/h2-5,9,11,15H,6-8H2,1H3. The fourth-order valence-electron chi connectivity index (χ4n) is 2.32. The molecule has 1 aliphatic heterocycles.